The van der Waals surface area contributed by atoms with Gasteiger partial charge >= 0.3 is 6.18 Å². The molecule has 3 rings (SSSR count). The summed E-state index contributed by atoms with van der Waals surface area (Å²) in [6, 6.07) is 5.30. The second kappa shape index (κ2) is 8.44. The molecule has 0 aromatic heterocycles. The summed E-state index contributed by atoms with van der Waals surface area (Å²) in [5.41, 5.74) is 0.736. The Morgan fingerprint density at radius 3 is 2.41 bits per heavy atom. The van der Waals surface area contributed by atoms with Crippen LogP contribution in [0.3, 0.4) is 0 Å². The molecule has 0 unspecified atom stereocenters. The number of benzene rings is 1. The maximum Gasteiger partial charge on any atom is 0.406 e. The topological polar surface area (TPSA) is 69.6 Å². The summed E-state index contributed by atoms with van der Waals surface area (Å²) in [5.74, 6) is -2.55. The summed E-state index contributed by atoms with van der Waals surface area (Å²) in [5, 5.41) is 13.5. The number of carbonyl (C=O) groups is 2. The van der Waals surface area contributed by atoms with E-state index in [9.17, 15) is 27.9 Å². The van der Waals surface area contributed by atoms with Crippen LogP contribution in [0.15, 0.2) is 29.5 Å². The molecule has 5 nitrogen and oxygen atoms in total. The average Bonchev–Trinajstić information content (AvgIpc) is 2.92. The van der Waals surface area contributed by atoms with Crippen LogP contribution in [0.25, 0.3) is 0 Å². The van der Waals surface area contributed by atoms with Gasteiger partial charge in [0.1, 0.15) is 6.54 Å². The zero-order valence-electron chi connectivity index (χ0n) is 15.2. The minimum Gasteiger partial charge on any atom is -0.503 e. The Kier molecular flexibility index (Phi) is 6.33. The van der Waals surface area contributed by atoms with Crippen LogP contribution in [0, 0.1) is 0 Å². The number of amides is 2. The highest BCUT2D eigenvalue weighted by Gasteiger charge is 2.41. The summed E-state index contributed by atoms with van der Waals surface area (Å²) in [6.07, 6.45) is -1.72. The third-order valence-electron chi connectivity index (χ3n) is 5.25. The van der Waals surface area contributed by atoms with Gasteiger partial charge < -0.3 is 15.3 Å². The van der Waals surface area contributed by atoms with Crippen molar-refractivity contribution in [3.05, 3.63) is 45.1 Å². The summed E-state index contributed by atoms with van der Waals surface area (Å²) in [4.78, 5) is 24.6. The van der Waals surface area contributed by atoms with Crippen LogP contribution in [-0.2, 0) is 9.59 Å². The summed E-state index contributed by atoms with van der Waals surface area (Å²) < 4.78 is 37.6. The quantitative estimate of drug-likeness (QED) is 0.715. The van der Waals surface area contributed by atoms with Gasteiger partial charge in [0.2, 0.25) is 0 Å². The van der Waals surface area contributed by atoms with Crippen LogP contribution < -0.4 is 5.32 Å². The first-order chi connectivity index (χ1) is 13.5. The van der Waals surface area contributed by atoms with Crippen LogP contribution in [0.1, 0.15) is 37.2 Å². The third-order valence-corrected chi connectivity index (χ3v) is 5.99. The molecule has 0 spiro atoms. The van der Waals surface area contributed by atoms with Gasteiger partial charge in [-0.1, -0.05) is 29.3 Å². The molecule has 1 fully saturated rings. The monoisotopic (exact) mass is 450 g/mol. The summed E-state index contributed by atoms with van der Waals surface area (Å²) in [6.45, 7) is -2.07. The molecule has 0 atom stereocenters. The number of hydrogen-bond donors (Lipinski definition) is 2. The van der Waals surface area contributed by atoms with E-state index in [-0.39, 0.29) is 17.5 Å². The van der Waals surface area contributed by atoms with Crippen molar-refractivity contribution in [2.45, 2.75) is 43.8 Å². The molecule has 10 heteroatoms. The maximum atomic E-state index is 12.5. The highest BCUT2D eigenvalue weighted by Crippen LogP contribution is 2.35. The Hall–Kier alpha value is -1.93. The number of nitrogens with one attached hydrogen (secondary N) is 1. The predicted molar refractivity (Wildman–Crippen MR) is 102 cm³/mol. The first kappa shape index (κ1) is 21.8. The molecule has 1 aliphatic carbocycles. The van der Waals surface area contributed by atoms with Gasteiger partial charge in [0.05, 0.1) is 22.2 Å². The Bertz CT molecular complexity index is 850. The van der Waals surface area contributed by atoms with Crippen LogP contribution >= 0.6 is 23.2 Å². The fourth-order valence-electron chi connectivity index (χ4n) is 3.75. The fraction of sp³-hybridized carbons (Fsp3) is 0.474. The molecule has 1 aromatic carbocycles. The second-order valence-electron chi connectivity index (χ2n) is 7.30. The van der Waals surface area contributed by atoms with Crippen molar-refractivity contribution < 1.29 is 27.9 Å². The molecule has 158 valence electrons. The largest absolute Gasteiger partial charge is 0.503 e. The van der Waals surface area contributed by atoms with Gasteiger partial charge in [-0.2, -0.15) is 13.2 Å². The molecule has 0 saturated heterocycles. The van der Waals surface area contributed by atoms with E-state index in [1.54, 1.807) is 6.07 Å². The van der Waals surface area contributed by atoms with Gasteiger partial charge in [-0.25, -0.2) is 0 Å². The number of aliphatic hydroxyl groups is 1. The Morgan fingerprint density at radius 2 is 1.83 bits per heavy atom. The van der Waals surface area contributed by atoms with E-state index >= 15 is 0 Å². The molecule has 1 heterocycles. The van der Waals surface area contributed by atoms with Gasteiger partial charge in [-0.05, 0) is 49.3 Å². The van der Waals surface area contributed by atoms with Crippen molar-refractivity contribution in [1.29, 1.82) is 0 Å². The third kappa shape index (κ3) is 5.17. The van der Waals surface area contributed by atoms with Gasteiger partial charge in [-0.3, -0.25) is 9.59 Å². The lowest BCUT2D eigenvalue weighted by Gasteiger charge is -2.29. The van der Waals surface area contributed by atoms with Crippen molar-refractivity contribution in [3.8, 4) is 0 Å². The van der Waals surface area contributed by atoms with Crippen molar-refractivity contribution in [3.63, 3.8) is 0 Å². The highest BCUT2D eigenvalue weighted by molar-refractivity contribution is 6.42. The SMILES string of the molecule is O=C(NC1CCC(c2ccc(Cl)c(Cl)c2)CC1)C1=C(O)C(=O)N(CC(F)(F)F)C1. The standard InChI is InChI=1S/C19H19Cl2F3N2O3/c20-14-6-3-11(7-15(14)21)10-1-4-12(5-2-10)25-17(28)13-8-26(9-19(22,23)24)18(29)16(13)27/h3,6-7,10,12,27H,1-2,4-5,8-9H2,(H,25,28). The van der Waals surface area contributed by atoms with Crippen molar-refractivity contribution in [2.24, 2.45) is 0 Å². The number of hydrogen-bond acceptors (Lipinski definition) is 3. The Balaban J connectivity index is 1.56. The molecule has 2 N–H and O–H groups in total. The van der Waals surface area contributed by atoms with E-state index in [0.29, 0.717) is 27.8 Å². The van der Waals surface area contributed by atoms with E-state index in [1.807, 2.05) is 12.1 Å². The smallest absolute Gasteiger partial charge is 0.406 e. The Labute approximate surface area is 175 Å². The van der Waals surface area contributed by atoms with E-state index in [0.717, 1.165) is 18.4 Å². The summed E-state index contributed by atoms with van der Waals surface area (Å²) >= 11 is 12.0. The van der Waals surface area contributed by atoms with Crippen LogP contribution in [0.2, 0.25) is 10.0 Å². The first-order valence-corrected chi connectivity index (χ1v) is 9.84. The lowest BCUT2D eigenvalue weighted by atomic mass is 9.81. The molecule has 1 aliphatic heterocycles. The molecule has 1 aromatic rings. The van der Waals surface area contributed by atoms with Gasteiger partial charge in [-0.15, -0.1) is 0 Å². The molecular weight excluding hydrogens is 432 g/mol. The normalized spacial score (nSPS) is 22.9. The number of aliphatic hydroxyl groups excluding tert-OH is 1. The molecule has 2 amide bonds. The molecule has 29 heavy (non-hydrogen) atoms. The number of halogens is 5. The minimum absolute atomic E-state index is 0.186. The first-order valence-electron chi connectivity index (χ1n) is 9.09. The Morgan fingerprint density at radius 1 is 1.17 bits per heavy atom. The van der Waals surface area contributed by atoms with Crippen LogP contribution in [-0.4, -0.2) is 47.1 Å². The molecular formula is C19H19Cl2F3N2O3. The number of rotatable bonds is 4. The maximum absolute atomic E-state index is 12.5. The van der Waals surface area contributed by atoms with E-state index in [1.165, 1.54) is 0 Å². The van der Waals surface area contributed by atoms with Gasteiger partial charge in [0, 0.05) is 6.04 Å². The molecule has 2 aliphatic rings. The van der Waals surface area contributed by atoms with Gasteiger partial charge in [0.15, 0.2) is 5.76 Å². The van der Waals surface area contributed by atoms with Crippen LogP contribution in [0.4, 0.5) is 13.2 Å². The summed E-state index contributed by atoms with van der Waals surface area (Å²) in [7, 11) is 0. The van der Waals surface area contributed by atoms with Crippen molar-refractivity contribution >= 4 is 35.0 Å². The van der Waals surface area contributed by atoms with Gasteiger partial charge in [0.25, 0.3) is 11.8 Å². The number of carbonyl (C=O) groups excluding carboxylic acids is 2. The predicted octanol–water partition coefficient (Wildman–Crippen LogP) is 4.35. The molecule has 0 bridgehead atoms. The lowest BCUT2D eigenvalue weighted by Crippen LogP contribution is -2.40. The van der Waals surface area contributed by atoms with E-state index in [4.69, 9.17) is 23.2 Å². The minimum atomic E-state index is -4.61. The van der Waals surface area contributed by atoms with Crippen LogP contribution in [0.5, 0.6) is 0 Å². The zero-order valence-corrected chi connectivity index (χ0v) is 16.7. The second-order valence-corrected chi connectivity index (χ2v) is 8.11. The molecule has 1 saturated carbocycles. The van der Waals surface area contributed by atoms with E-state index < -0.39 is 36.8 Å². The highest BCUT2D eigenvalue weighted by atomic mass is 35.5. The zero-order chi connectivity index (χ0) is 21.3. The fourth-order valence-corrected chi connectivity index (χ4v) is 4.06. The van der Waals surface area contributed by atoms with Crippen molar-refractivity contribution in [2.75, 3.05) is 13.1 Å². The van der Waals surface area contributed by atoms with Crippen molar-refractivity contribution in [1.82, 2.24) is 10.2 Å². The average molecular weight is 451 g/mol. The number of nitrogens with zero attached hydrogens (tertiary/aromatic N) is 1. The molecule has 0 radical (unpaired) electrons. The van der Waals surface area contributed by atoms with E-state index in [2.05, 4.69) is 5.32 Å². The lowest BCUT2D eigenvalue weighted by molar-refractivity contribution is -0.157. The number of alkyl halides is 3.